The number of carbonyl (C=O) groups excluding carboxylic acids is 1. The van der Waals surface area contributed by atoms with Crippen molar-refractivity contribution in [2.75, 3.05) is 0 Å². The number of carboxylic acids is 1. The van der Waals surface area contributed by atoms with E-state index in [1.54, 1.807) is 24.3 Å². The second kappa shape index (κ2) is 10.4. The number of hydrogen-bond acceptors (Lipinski definition) is 5. The summed E-state index contributed by atoms with van der Waals surface area (Å²) in [5.74, 6) is 0.224. The second-order valence-corrected chi connectivity index (χ2v) is 10.5. The number of rotatable bonds is 5. The van der Waals surface area contributed by atoms with E-state index in [4.69, 9.17) is 21.0 Å². The van der Waals surface area contributed by atoms with Crippen LogP contribution >= 0.6 is 23.4 Å². The Hall–Kier alpha value is -3.29. The summed E-state index contributed by atoms with van der Waals surface area (Å²) in [6.45, 7) is 2.21. The lowest BCUT2D eigenvalue weighted by atomic mass is 9.85. The summed E-state index contributed by atoms with van der Waals surface area (Å²) in [6, 6.07) is 18.0. The third-order valence-corrected chi connectivity index (χ3v) is 7.91. The molecule has 184 valence electrons. The molecule has 1 saturated carbocycles. The minimum absolute atomic E-state index is 0.00556. The molecule has 2 fully saturated rings. The van der Waals surface area contributed by atoms with Crippen LogP contribution in [0.2, 0.25) is 5.02 Å². The van der Waals surface area contributed by atoms with Crippen LogP contribution in [0.15, 0.2) is 75.0 Å². The summed E-state index contributed by atoms with van der Waals surface area (Å²) < 4.78 is 5.97. The lowest BCUT2D eigenvalue weighted by Crippen LogP contribution is -2.44. The van der Waals surface area contributed by atoms with Crippen molar-refractivity contribution in [2.45, 2.75) is 38.6 Å². The zero-order valence-electron chi connectivity index (χ0n) is 19.7. The van der Waals surface area contributed by atoms with Gasteiger partial charge < -0.3 is 9.52 Å². The van der Waals surface area contributed by atoms with Crippen molar-refractivity contribution < 1.29 is 19.1 Å². The van der Waals surface area contributed by atoms with Gasteiger partial charge in [0.2, 0.25) is 0 Å². The van der Waals surface area contributed by atoms with Crippen molar-refractivity contribution in [1.29, 1.82) is 0 Å². The van der Waals surface area contributed by atoms with Gasteiger partial charge in [0.05, 0.1) is 21.2 Å². The molecule has 0 spiro atoms. The number of para-hydroxylation sites is 1. The lowest BCUT2D eigenvalue weighted by Gasteiger charge is -2.35. The molecule has 0 unspecified atom stereocenters. The average Bonchev–Trinajstić information content (AvgIpc) is 3.45. The van der Waals surface area contributed by atoms with Crippen LogP contribution in [-0.2, 0) is 4.79 Å². The van der Waals surface area contributed by atoms with Crippen LogP contribution < -0.4 is 0 Å². The number of nitrogens with zero attached hydrogens (tertiary/aromatic N) is 2. The fourth-order valence-corrected chi connectivity index (χ4v) is 5.93. The lowest BCUT2D eigenvalue weighted by molar-refractivity contribution is -0.124. The number of thioether (sulfide) groups is 1. The molecule has 2 aromatic carbocycles. The molecule has 1 N–H and O–H groups in total. The van der Waals surface area contributed by atoms with Gasteiger partial charge in [-0.2, -0.15) is 0 Å². The van der Waals surface area contributed by atoms with E-state index in [0.29, 0.717) is 33.1 Å². The first-order chi connectivity index (χ1) is 17.4. The quantitative estimate of drug-likeness (QED) is 0.352. The molecule has 0 bridgehead atoms. The number of benzene rings is 2. The van der Waals surface area contributed by atoms with Gasteiger partial charge in [0.15, 0.2) is 5.17 Å². The summed E-state index contributed by atoms with van der Waals surface area (Å²) in [4.78, 5) is 32.3. The Kier molecular flexibility index (Phi) is 7.03. The molecule has 0 radical (unpaired) electrons. The average molecular weight is 521 g/mol. The number of amides is 1. The fraction of sp³-hybridized carbons (Fsp3) is 0.250. The van der Waals surface area contributed by atoms with E-state index in [-0.39, 0.29) is 22.5 Å². The molecule has 1 saturated heterocycles. The molecule has 8 heteroatoms. The van der Waals surface area contributed by atoms with Crippen LogP contribution in [0.4, 0.5) is 5.69 Å². The summed E-state index contributed by atoms with van der Waals surface area (Å²) >= 11 is 7.35. The molecular formula is C28H25ClN2O4S. The van der Waals surface area contributed by atoms with Gasteiger partial charge in [0.25, 0.3) is 5.91 Å². The van der Waals surface area contributed by atoms with Crippen molar-refractivity contribution >= 4 is 52.2 Å². The number of furan rings is 1. The van der Waals surface area contributed by atoms with Gasteiger partial charge in [0.1, 0.15) is 11.5 Å². The highest BCUT2D eigenvalue weighted by Crippen LogP contribution is 2.40. The smallest absolute Gasteiger partial charge is 0.337 e. The highest BCUT2D eigenvalue weighted by molar-refractivity contribution is 8.18. The van der Waals surface area contributed by atoms with Gasteiger partial charge in [-0.1, -0.05) is 49.6 Å². The standard InChI is InChI=1S/C28H25ClN2O4S/c1-17-7-5-6-10-23(17)31-26(32)25(36-28(31)30-19-8-3-2-4-9-19)16-20-12-14-24(35-20)18-11-13-22(29)21(15-18)27(33)34/h2-4,8-9,11-17,23H,5-7,10H2,1H3,(H,33,34)/b25-16-,30-28?/t17-,23-/m1/s1. The Labute approximate surface area is 218 Å². The van der Waals surface area contributed by atoms with Crippen molar-refractivity contribution in [1.82, 2.24) is 4.90 Å². The maximum atomic E-state index is 13.6. The SMILES string of the molecule is C[C@@H]1CCCC[C@H]1N1C(=O)/C(=C/c2ccc(-c3ccc(Cl)c(C(=O)O)c3)o2)SC1=Nc1ccccc1. The number of aliphatic imine (C=N–C) groups is 1. The van der Waals surface area contributed by atoms with E-state index in [2.05, 4.69) is 6.92 Å². The van der Waals surface area contributed by atoms with E-state index in [1.165, 1.54) is 30.3 Å². The maximum Gasteiger partial charge on any atom is 0.337 e. The molecule has 1 aliphatic carbocycles. The van der Waals surface area contributed by atoms with Crippen LogP contribution in [0.3, 0.4) is 0 Å². The molecule has 1 aromatic heterocycles. The van der Waals surface area contributed by atoms with Gasteiger partial charge in [-0.05, 0) is 73.0 Å². The molecule has 2 aliphatic rings. The van der Waals surface area contributed by atoms with E-state index in [1.807, 2.05) is 35.2 Å². The third kappa shape index (κ3) is 4.99. The first-order valence-electron chi connectivity index (χ1n) is 11.9. The molecule has 2 atom stereocenters. The summed E-state index contributed by atoms with van der Waals surface area (Å²) in [6.07, 6.45) is 6.07. The molecule has 36 heavy (non-hydrogen) atoms. The zero-order chi connectivity index (χ0) is 25.2. The van der Waals surface area contributed by atoms with Crippen LogP contribution in [0.5, 0.6) is 0 Å². The van der Waals surface area contributed by atoms with Gasteiger partial charge in [-0.3, -0.25) is 9.69 Å². The van der Waals surface area contributed by atoms with Crippen LogP contribution in [0, 0.1) is 5.92 Å². The minimum atomic E-state index is -1.11. The number of carboxylic acid groups (broad SMARTS) is 1. The van der Waals surface area contributed by atoms with Crippen LogP contribution in [0.25, 0.3) is 17.4 Å². The highest BCUT2D eigenvalue weighted by Gasteiger charge is 2.41. The van der Waals surface area contributed by atoms with E-state index in [0.717, 1.165) is 24.9 Å². The number of hydrogen-bond donors (Lipinski definition) is 1. The predicted molar refractivity (Wildman–Crippen MR) is 143 cm³/mol. The van der Waals surface area contributed by atoms with E-state index >= 15 is 0 Å². The largest absolute Gasteiger partial charge is 0.478 e. The molecular weight excluding hydrogens is 496 g/mol. The Morgan fingerprint density at radius 2 is 1.92 bits per heavy atom. The Balaban J connectivity index is 1.47. The molecule has 3 aromatic rings. The predicted octanol–water partition coefficient (Wildman–Crippen LogP) is 7.48. The van der Waals surface area contributed by atoms with Crippen molar-refractivity contribution in [3.63, 3.8) is 0 Å². The number of amidine groups is 1. The molecule has 2 heterocycles. The monoisotopic (exact) mass is 520 g/mol. The Morgan fingerprint density at radius 3 is 2.67 bits per heavy atom. The summed E-state index contributed by atoms with van der Waals surface area (Å²) in [5.41, 5.74) is 1.40. The van der Waals surface area contributed by atoms with Gasteiger partial charge >= 0.3 is 5.97 Å². The first-order valence-corrected chi connectivity index (χ1v) is 13.1. The topological polar surface area (TPSA) is 83.1 Å². The van der Waals surface area contributed by atoms with Crippen molar-refractivity contribution in [3.8, 4) is 11.3 Å². The van der Waals surface area contributed by atoms with E-state index < -0.39 is 5.97 Å². The zero-order valence-corrected chi connectivity index (χ0v) is 21.3. The minimum Gasteiger partial charge on any atom is -0.478 e. The maximum absolute atomic E-state index is 13.6. The second-order valence-electron chi connectivity index (χ2n) is 9.05. The molecule has 1 aliphatic heterocycles. The number of aromatic carboxylic acids is 1. The van der Waals surface area contributed by atoms with Crippen LogP contribution in [0.1, 0.15) is 48.7 Å². The van der Waals surface area contributed by atoms with Gasteiger partial charge in [-0.25, -0.2) is 9.79 Å². The Bertz CT molecular complexity index is 1360. The van der Waals surface area contributed by atoms with Crippen LogP contribution in [-0.4, -0.2) is 33.1 Å². The van der Waals surface area contributed by atoms with Crippen molar-refractivity contribution in [2.24, 2.45) is 10.9 Å². The van der Waals surface area contributed by atoms with Gasteiger partial charge in [-0.15, -0.1) is 0 Å². The summed E-state index contributed by atoms with van der Waals surface area (Å²) in [5, 5.41) is 10.2. The molecule has 1 amide bonds. The number of halogens is 1. The molecule has 5 rings (SSSR count). The fourth-order valence-electron chi connectivity index (χ4n) is 4.71. The van der Waals surface area contributed by atoms with E-state index in [9.17, 15) is 14.7 Å². The normalized spacial score (nSPS) is 22.5. The third-order valence-electron chi connectivity index (χ3n) is 6.60. The Morgan fingerprint density at radius 1 is 1.14 bits per heavy atom. The molecule has 6 nitrogen and oxygen atoms in total. The first kappa shape index (κ1) is 24.4. The summed E-state index contributed by atoms with van der Waals surface area (Å²) in [7, 11) is 0. The highest BCUT2D eigenvalue weighted by atomic mass is 35.5. The van der Waals surface area contributed by atoms with Gasteiger partial charge in [0, 0.05) is 17.7 Å². The van der Waals surface area contributed by atoms with Crippen molar-refractivity contribution in [3.05, 3.63) is 81.9 Å². The number of carbonyl (C=O) groups is 2.